The molecule has 1 aliphatic rings. The van der Waals surface area contributed by atoms with Gasteiger partial charge in [0.1, 0.15) is 5.82 Å². The Labute approximate surface area is 211 Å². The summed E-state index contributed by atoms with van der Waals surface area (Å²) in [6.07, 6.45) is 10.8. The molecule has 8 heteroatoms. The summed E-state index contributed by atoms with van der Waals surface area (Å²) in [6.45, 7) is 4.45. The van der Waals surface area contributed by atoms with Crippen LogP contribution in [0.5, 0.6) is 0 Å². The van der Waals surface area contributed by atoms with E-state index in [0.29, 0.717) is 12.2 Å². The standard InChI is InChI=1S/C28H32N6O2/c1-4-20-16-30-28(31-17-20)33-12-10-24(11-13-33)36-19-21-5-8-26(29-18-21)34-14-9-22-15-23(6-7-25(22)34)27(35)32(2)3/h5-9,14-18,24H,4,10-13,19H2,1-3H3. The summed E-state index contributed by atoms with van der Waals surface area (Å²) in [4.78, 5) is 29.8. The monoisotopic (exact) mass is 484 g/mol. The summed E-state index contributed by atoms with van der Waals surface area (Å²) in [6, 6.07) is 11.8. The van der Waals surface area contributed by atoms with E-state index in [9.17, 15) is 4.79 Å². The predicted octanol–water partition coefficient (Wildman–Crippen LogP) is 4.27. The number of benzene rings is 1. The number of carbonyl (C=O) groups is 1. The van der Waals surface area contributed by atoms with Gasteiger partial charge in [-0.25, -0.2) is 15.0 Å². The van der Waals surface area contributed by atoms with Crippen molar-refractivity contribution in [3.8, 4) is 5.82 Å². The van der Waals surface area contributed by atoms with Crippen LogP contribution in [0.3, 0.4) is 0 Å². The van der Waals surface area contributed by atoms with Crippen LogP contribution in [0.4, 0.5) is 5.95 Å². The number of pyridine rings is 1. The van der Waals surface area contributed by atoms with Crippen LogP contribution in [-0.2, 0) is 17.8 Å². The number of hydrogen-bond donors (Lipinski definition) is 0. The van der Waals surface area contributed by atoms with Crippen molar-refractivity contribution in [3.63, 3.8) is 0 Å². The Hall–Kier alpha value is -3.78. The zero-order valence-corrected chi connectivity index (χ0v) is 21.1. The Morgan fingerprint density at radius 3 is 2.42 bits per heavy atom. The maximum absolute atomic E-state index is 12.3. The lowest BCUT2D eigenvalue weighted by Gasteiger charge is -2.31. The Morgan fingerprint density at radius 2 is 1.75 bits per heavy atom. The number of amides is 1. The highest BCUT2D eigenvalue weighted by atomic mass is 16.5. The number of aromatic nitrogens is 4. The summed E-state index contributed by atoms with van der Waals surface area (Å²) in [5.41, 5.74) is 3.91. The Balaban J connectivity index is 1.17. The first-order valence-corrected chi connectivity index (χ1v) is 12.5. The number of nitrogens with zero attached hydrogens (tertiary/aromatic N) is 6. The van der Waals surface area contributed by atoms with Crippen LogP contribution in [0.15, 0.2) is 61.2 Å². The molecule has 8 nitrogen and oxygen atoms in total. The van der Waals surface area contributed by atoms with Gasteiger partial charge in [0.05, 0.1) is 18.2 Å². The molecule has 1 fully saturated rings. The highest BCUT2D eigenvalue weighted by Crippen LogP contribution is 2.23. The van der Waals surface area contributed by atoms with Crippen molar-refractivity contribution in [3.05, 3.63) is 77.9 Å². The van der Waals surface area contributed by atoms with Crippen LogP contribution in [0.25, 0.3) is 16.7 Å². The molecule has 0 bridgehead atoms. The topological polar surface area (TPSA) is 76.4 Å². The van der Waals surface area contributed by atoms with E-state index < -0.39 is 0 Å². The zero-order valence-electron chi connectivity index (χ0n) is 21.1. The van der Waals surface area contributed by atoms with Crippen LogP contribution in [0.2, 0.25) is 0 Å². The minimum absolute atomic E-state index is 0.00300. The van der Waals surface area contributed by atoms with E-state index in [-0.39, 0.29) is 12.0 Å². The van der Waals surface area contributed by atoms with Gasteiger partial charge in [-0.2, -0.15) is 0 Å². The molecule has 0 unspecified atom stereocenters. The number of aryl methyl sites for hydroxylation is 1. The molecule has 0 N–H and O–H groups in total. The Kier molecular flexibility index (Phi) is 6.95. The van der Waals surface area contributed by atoms with Crippen molar-refractivity contribution in [1.82, 2.24) is 24.4 Å². The van der Waals surface area contributed by atoms with Gasteiger partial charge in [-0.3, -0.25) is 4.79 Å². The summed E-state index contributed by atoms with van der Waals surface area (Å²) in [7, 11) is 3.52. The van der Waals surface area contributed by atoms with Crippen molar-refractivity contribution in [2.75, 3.05) is 32.1 Å². The number of hydrogen-bond acceptors (Lipinski definition) is 6. The lowest BCUT2D eigenvalue weighted by atomic mass is 10.1. The van der Waals surface area contributed by atoms with Crippen molar-refractivity contribution in [2.24, 2.45) is 0 Å². The predicted molar refractivity (Wildman–Crippen MR) is 141 cm³/mol. The molecule has 36 heavy (non-hydrogen) atoms. The molecule has 0 radical (unpaired) electrons. The number of piperidine rings is 1. The molecule has 1 aromatic carbocycles. The highest BCUT2D eigenvalue weighted by Gasteiger charge is 2.21. The third-order valence-corrected chi connectivity index (χ3v) is 6.71. The molecule has 0 atom stereocenters. The van der Waals surface area contributed by atoms with Crippen LogP contribution >= 0.6 is 0 Å². The van der Waals surface area contributed by atoms with Crippen molar-refractivity contribution < 1.29 is 9.53 Å². The van der Waals surface area contributed by atoms with Crippen LogP contribution in [0.1, 0.15) is 41.3 Å². The number of fused-ring (bicyclic) bond motifs is 1. The summed E-state index contributed by atoms with van der Waals surface area (Å²) in [5.74, 6) is 1.64. The van der Waals surface area contributed by atoms with Crippen LogP contribution in [-0.4, -0.2) is 63.6 Å². The minimum atomic E-state index is -0.00300. The van der Waals surface area contributed by atoms with Gasteiger partial charge in [-0.05, 0) is 60.7 Å². The molecule has 1 aliphatic heterocycles. The van der Waals surface area contributed by atoms with E-state index in [1.165, 1.54) is 0 Å². The molecule has 0 saturated carbocycles. The van der Waals surface area contributed by atoms with E-state index in [2.05, 4.69) is 32.8 Å². The molecular weight excluding hydrogens is 452 g/mol. The third-order valence-electron chi connectivity index (χ3n) is 6.71. The second kappa shape index (κ2) is 10.5. The highest BCUT2D eigenvalue weighted by molar-refractivity contribution is 5.98. The van der Waals surface area contributed by atoms with E-state index >= 15 is 0 Å². The van der Waals surface area contributed by atoms with Crippen LogP contribution in [0, 0.1) is 0 Å². The first-order chi connectivity index (χ1) is 17.5. The lowest BCUT2D eigenvalue weighted by molar-refractivity contribution is 0.0248. The minimum Gasteiger partial charge on any atom is -0.373 e. The molecular formula is C28H32N6O2. The smallest absolute Gasteiger partial charge is 0.253 e. The normalized spacial score (nSPS) is 14.4. The van der Waals surface area contributed by atoms with Gasteiger partial charge in [0.25, 0.3) is 5.91 Å². The molecule has 4 heterocycles. The average molecular weight is 485 g/mol. The molecule has 0 aliphatic carbocycles. The van der Waals surface area contributed by atoms with Crippen molar-refractivity contribution >= 4 is 22.8 Å². The van der Waals surface area contributed by atoms with Gasteiger partial charge in [0, 0.05) is 62.9 Å². The van der Waals surface area contributed by atoms with E-state index in [0.717, 1.165) is 66.1 Å². The summed E-state index contributed by atoms with van der Waals surface area (Å²) >= 11 is 0. The van der Waals surface area contributed by atoms with Gasteiger partial charge in [-0.1, -0.05) is 13.0 Å². The molecule has 3 aromatic heterocycles. The van der Waals surface area contributed by atoms with E-state index in [4.69, 9.17) is 4.74 Å². The average Bonchev–Trinajstić information content (AvgIpc) is 3.35. The number of carbonyl (C=O) groups excluding carboxylic acids is 1. The fourth-order valence-electron chi connectivity index (χ4n) is 4.51. The number of ether oxygens (including phenoxy) is 1. The second-order valence-electron chi connectivity index (χ2n) is 9.43. The van der Waals surface area contributed by atoms with Gasteiger partial charge in [-0.15, -0.1) is 0 Å². The number of anilines is 1. The molecule has 1 amide bonds. The molecule has 1 saturated heterocycles. The SMILES string of the molecule is CCc1cnc(N2CCC(OCc3ccc(-n4ccc5cc(C(=O)N(C)C)ccc54)nc3)CC2)nc1. The zero-order chi connectivity index (χ0) is 25.1. The van der Waals surface area contributed by atoms with Crippen molar-refractivity contribution in [2.45, 2.75) is 38.9 Å². The molecule has 5 rings (SSSR count). The van der Waals surface area contributed by atoms with Crippen molar-refractivity contribution in [1.29, 1.82) is 0 Å². The first-order valence-electron chi connectivity index (χ1n) is 12.5. The first kappa shape index (κ1) is 23.9. The van der Waals surface area contributed by atoms with Gasteiger partial charge < -0.3 is 19.1 Å². The number of rotatable bonds is 7. The summed E-state index contributed by atoms with van der Waals surface area (Å²) in [5, 5.41) is 1.01. The van der Waals surface area contributed by atoms with E-state index in [1.807, 2.05) is 59.7 Å². The fourth-order valence-corrected chi connectivity index (χ4v) is 4.51. The Bertz CT molecular complexity index is 1320. The van der Waals surface area contributed by atoms with Gasteiger partial charge in [0.2, 0.25) is 5.95 Å². The molecule has 186 valence electrons. The largest absolute Gasteiger partial charge is 0.373 e. The lowest BCUT2D eigenvalue weighted by Crippen LogP contribution is -2.38. The Morgan fingerprint density at radius 1 is 1.00 bits per heavy atom. The van der Waals surface area contributed by atoms with Gasteiger partial charge >= 0.3 is 0 Å². The maximum Gasteiger partial charge on any atom is 0.253 e. The molecule has 0 spiro atoms. The quantitative estimate of drug-likeness (QED) is 0.390. The second-order valence-corrected chi connectivity index (χ2v) is 9.43. The van der Waals surface area contributed by atoms with Crippen LogP contribution < -0.4 is 4.90 Å². The van der Waals surface area contributed by atoms with Gasteiger partial charge in [0.15, 0.2) is 0 Å². The molecule has 4 aromatic rings. The fraction of sp³-hybridized carbons (Fsp3) is 0.357. The maximum atomic E-state index is 12.3. The third kappa shape index (κ3) is 5.09. The summed E-state index contributed by atoms with van der Waals surface area (Å²) < 4.78 is 8.23. The van der Waals surface area contributed by atoms with E-state index in [1.54, 1.807) is 19.0 Å².